The van der Waals surface area contributed by atoms with E-state index in [2.05, 4.69) is 5.32 Å². The summed E-state index contributed by atoms with van der Waals surface area (Å²) in [6.45, 7) is 1.05. The van der Waals surface area contributed by atoms with Crippen molar-refractivity contribution in [2.45, 2.75) is 6.04 Å². The van der Waals surface area contributed by atoms with E-state index in [0.717, 1.165) is 0 Å². The Balaban J connectivity index is 2.42. The van der Waals surface area contributed by atoms with Gasteiger partial charge >= 0.3 is 5.97 Å². The number of hydrogen-bond acceptors (Lipinski definition) is 3. The predicted molar refractivity (Wildman–Crippen MR) is 50.3 cm³/mol. The Morgan fingerprint density at radius 2 is 2.29 bits per heavy atom. The number of nitrogens with one attached hydrogen (secondary N) is 1. The number of carboxylic acids is 1. The minimum atomic E-state index is -0.872. The van der Waals surface area contributed by atoms with E-state index in [0.29, 0.717) is 24.5 Å². The minimum Gasteiger partial charge on any atom is -0.492 e. The zero-order valence-corrected chi connectivity index (χ0v) is 7.56. The lowest BCUT2D eigenvalue weighted by Crippen LogP contribution is -2.29. The molecular formula is C10H11NO3. The average Bonchev–Trinajstić information content (AvgIpc) is 2.39. The van der Waals surface area contributed by atoms with Crippen LogP contribution >= 0.6 is 0 Å². The van der Waals surface area contributed by atoms with Gasteiger partial charge in [-0.2, -0.15) is 0 Å². The summed E-state index contributed by atoms with van der Waals surface area (Å²) in [7, 11) is 0. The van der Waals surface area contributed by atoms with Crippen LogP contribution in [-0.2, 0) is 4.79 Å². The van der Waals surface area contributed by atoms with Gasteiger partial charge in [0.25, 0.3) is 0 Å². The highest BCUT2D eigenvalue weighted by Crippen LogP contribution is 2.26. The minimum absolute atomic E-state index is 0.501. The van der Waals surface area contributed by atoms with E-state index in [1.54, 1.807) is 12.1 Å². The molecule has 0 radical (unpaired) electrons. The van der Waals surface area contributed by atoms with Crippen molar-refractivity contribution in [1.82, 2.24) is 5.32 Å². The van der Waals surface area contributed by atoms with Crippen LogP contribution in [0.5, 0.6) is 5.75 Å². The van der Waals surface area contributed by atoms with Gasteiger partial charge in [-0.1, -0.05) is 18.2 Å². The van der Waals surface area contributed by atoms with Gasteiger partial charge in [-0.15, -0.1) is 0 Å². The normalized spacial score (nSPS) is 20.4. The summed E-state index contributed by atoms with van der Waals surface area (Å²) in [5.74, 6) is -0.215. The molecule has 0 amide bonds. The van der Waals surface area contributed by atoms with Crippen molar-refractivity contribution >= 4 is 5.97 Å². The van der Waals surface area contributed by atoms with Crippen molar-refractivity contribution in [3.8, 4) is 5.75 Å². The van der Waals surface area contributed by atoms with Gasteiger partial charge in [0.2, 0.25) is 0 Å². The van der Waals surface area contributed by atoms with Crippen molar-refractivity contribution in [1.29, 1.82) is 0 Å². The van der Waals surface area contributed by atoms with Crippen molar-refractivity contribution < 1.29 is 14.6 Å². The van der Waals surface area contributed by atoms with Crippen LogP contribution in [0.2, 0.25) is 0 Å². The average molecular weight is 193 g/mol. The highest BCUT2D eigenvalue weighted by Gasteiger charge is 2.24. The molecule has 0 aromatic heterocycles. The molecule has 1 atom stereocenters. The molecule has 0 saturated heterocycles. The molecule has 0 fully saturated rings. The molecule has 4 nitrogen and oxygen atoms in total. The van der Waals surface area contributed by atoms with Crippen LogP contribution in [0.15, 0.2) is 24.3 Å². The van der Waals surface area contributed by atoms with Crippen LogP contribution < -0.4 is 10.1 Å². The fraction of sp³-hybridized carbons (Fsp3) is 0.300. The van der Waals surface area contributed by atoms with Gasteiger partial charge < -0.3 is 9.84 Å². The lowest BCUT2D eigenvalue weighted by Gasteiger charge is -2.11. The maximum Gasteiger partial charge on any atom is 0.325 e. The van der Waals surface area contributed by atoms with Crippen LogP contribution in [-0.4, -0.2) is 24.2 Å². The molecule has 2 N–H and O–H groups in total. The third-order valence-electron chi connectivity index (χ3n) is 2.19. The van der Waals surface area contributed by atoms with E-state index in [9.17, 15) is 4.79 Å². The highest BCUT2D eigenvalue weighted by molar-refractivity contribution is 5.76. The van der Waals surface area contributed by atoms with E-state index < -0.39 is 12.0 Å². The third kappa shape index (κ3) is 1.56. The second-order valence-electron chi connectivity index (χ2n) is 3.11. The first kappa shape index (κ1) is 9.02. The number of aliphatic carboxylic acids is 1. The molecule has 1 aromatic rings. The maximum atomic E-state index is 11.0. The first-order chi connectivity index (χ1) is 6.79. The van der Waals surface area contributed by atoms with Crippen LogP contribution in [0.25, 0.3) is 0 Å². The topological polar surface area (TPSA) is 58.6 Å². The number of rotatable bonds is 1. The van der Waals surface area contributed by atoms with E-state index in [1.165, 1.54) is 0 Å². The molecule has 0 bridgehead atoms. The number of fused-ring (bicyclic) bond motifs is 1. The largest absolute Gasteiger partial charge is 0.492 e. The predicted octanol–water partition coefficient (Wildman–Crippen LogP) is 0.794. The molecular weight excluding hydrogens is 182 g/mol. The second-order valence-corrected chi connectivity index (χ2v) is 3.11. The van der Waals surface area contributed by atoms with Gasteiger partial charge in [-0.3, -0.25) is 10.1 Å². The van der Waals surface area contributed by atoms with Crippen molar-refractivity contribution in [2.75, 3.05) is 13.2 Å². The van der Waals surface area contributed by atoms with Crippen molar-refractivity contribution in [3.05, 3.63) is 29.8 Å². The molecule has 1 aliphatic rings. The number of carbonyl (C=O) groups is 1. The molecule has 0 spiro atoms. The first-order valence-corrected chi connectivity index (χ1v) is 4.47. The second kappa shape index (κ2) is 3.67. The van der Waals surface area contributed by atoms with Gasteiger partial charge in [0.05, 0.1) is 0 Å². The van der Waals surface area contributed by atoms with E-state index in [-0.39, 0.29) is 0 Å². The lowest BCUT2D eigenvalue weighted by molar-refractivity contribution is -0.139. The van der Waals surface area contributed by atoms with Crippen molar-refractivity contribution in [3.63, 3.8) is 0 Å². The number of para-hydroxylation sites is 1. The summed E-state index contributed by atoms with van der Waals surface area (Å²) in [6.07, 6.45) is 0. The first-order valence-electron chi connectivity index (χ1n) is 4.47. The Morgan fingerprint density at radius 1 is 1.50 bits per heavy atom. The Labute approximate surface area is 81.5 Å². The van der Waals surface area contributed by atoms with Crippen LogP contribution in [0.4, 0.5) is 0 Å². The van der Waals surface area contributed by atoms with Gasteiger partial charge in [-0.25, -0.2) is 0 Å². The molecule has 0 unspecified atom stereocenters. The Hall–Kier alpha value is -1.55. The van der Waals surface area contributed by atoms with Crippen molar-refractivity contribution in [2.24, 2.45) is 0 Å². The summed E-state index contributed by atoms with van der Waals surface area (Å²) >= 11 is 0. The summed E-state index contributed by atoms with van der Waals surface area (Å²) in [5, 5.41) is 11.9. The highest BCUT2D eigenvalue weighted by atomic mass is 16.5. The van der Waals surface area contributed by atoms with Gasteiger partial charge in [0, 0.05) is 12.1 Å². The van der Waals surface area contributed by atoms with Crippen LogP contribution in [0, 0.1) is 0 Å². The Bertz CT molecular complexity index is 351. The molecule has 74 valence electrons. The summed E-state index contributed by atoms with van der Waals surface area (Å²) in [6, 6.07) is 6.55. The monoisotopic (exact) mass is 193 g/mol. The van der Waals surface area contributed by atoms with Crippen LogP contribution in [0.3, 0.4) is 0 Å². The summed E-state index contributed by atoms with van der Waals surface area (Å²) in [5.41, 5.74) is 0.692. The van der Waals surface area contributed by atoms with Gasteiger partial charge in [0.15, 0.2) is 0 Å². The molecule has 14 heavy (non-hydrogen) atoms. The molecule has 1 heterocycles. The molecule has 4 heteroatoms. The molecule has 1 aromatic carbocycles. The summed E-state index contributed by atoms with van der Waals surface area (Å²) in [4.78, 5) is 11.0. The Morgan fingerprint density at radius 3 is 3.07 bits per heavy atom. The van der Waals surface area contributed by atoms with Crippen LogP contribution in [0.1, 0.15) is 11.6 Å². The van der Waals surface area contributed by atoms with E-state index in [1.807, 2.05) is 12.1 Å². The fourth-order valence-electron chi connectivity index (χ4n) is 1.55. The number of hydrogen-bond donors (Lipinski definition) is 2. The zero-order valence-electron chi connectivity index (χ0n) is 7.56. The van der Waals surface area contributed by atoms with E-state index in [4.69, 9.17) is 9.84 Å². The smallest absolute Gasteiger partial charge is 0.325 e. The standard InChI is InChI=1S/C10H11NO3/c12-10(13)9-7-3-1-2-4-8(7)14-6-5-11-9/h1-4,9,11H,5-6H2,(H,12,13)/t9-/m0/s1. The molecule has 1 aliphatic heterocycles. The van der Waals surface area contributed by atoms with Gasteiger partial charge in [0.1, 0.15) is 18.4 Å². The molecule has 0 saturated carbocycles. The summed E-state index contributed by atoms with van der Waals surface area (Å²) < 4.78 is 5.40. The van der Waals surface area contributed by atoms with Gasteiger partial charge in [-0.05, 0) is 6.07 Å². The third-order valence-corrected chi connectivity index (χ3v) is 2.19. The quantitative estimate of drug-likeness (QED) is 0.692. The number of ether oxygens (including phenoxy) is 1. The number of carboxylic acid groups (broad SMARTS) is 1. The SMILES string of the molecule is O=C(O)[C@H]1NCCOc2ccccc21. The zero-order chi connectivity index (χ0) is 9.97. The fourth-order valence-corrected chi connectivity index (χ4v) is 1.55. The molecule has 2 rings (SSSR count). The lowest BCUT2D eigenvalue weighted by atomic mass is 10.1. The maximum absolute atomic E-state index is 11.0. The molecule has 0 aliphatic carbocycles. The number of benzene rings is 1. The van der Waals surface area contributed by atoms with E-state index >= 15 is 0 Å². The Kier molecular flexibility index (Phi) is 2.37.